The highest BCUT2D eigenvalue weighted by molar-refractivity contribution is 5.93. The molecule has 0 atom stereocenters. The van der Waals surface area contributed by atoms with Gasteiger partial charge in [-0.05, 0) is 24.6 Å². The van der Waals surface area contributed by atoms with Crippen LogP contribution in [-0.4, -0.2) is 23.4 Å². The van der Waals surface area contributed by atoms with E-state index in [2.05, 4.69) is 0 Å². The van der Waals surface area contributed by atoms with Crippen molar-refractivity contribution in [1.29, 1.82) is 0 Å². The smallest absolute Gasteiger partial charge is 0.309 e. The van der Waals surface area contributed by atoms with E-state index < -0.39 is 0 Å². The molecule has 0 unspecified atom stereocenters. The van der Waals surface area contributed by atoms with Gasteiger partial charge in [0.25, 0.3) is 5.91 Å². The Morgan fingerprint density at radius 3 is 2.70 bits per heavy atom. The quantitative estimate of drug-likeness (QED) is 0.773. The molecule has 20 heavy (non-hydrogen) atoms. The minimum absolute atomic E-state index is 0.0658. The van der Waals surface area contributed by atoms with Gasteiger partial charge in [0.15, 0.2) is 0 Å². The van der Waals surface area contributed by atoms with Gasteiger partial charge in [0.2, 0.25) is 0 Å². The van der Waals surface area contributed by atoms with Crippen molar-refractivity contribution in [2.45, 2.75) is 19.9 Å². The maximum Gasteiger partial charge on any atom is 0.309 e. The summed E-state index contributed by atoms with van der Waals surface area (Å²) in [5.74, 6) is -0.351. The van der Waals surface area contributed by atoms with Crippen LogP contribution >= 0.6 is 0 Å². The molecule has 0 bridgehead atoms. The molecule has 2 rings (SSSR count). The van der Waals surface area contributed by atoms with E-state index in [-0.39, 0.29) is 18.3 Å². The Balaban J connectivity index is 2.04. The van der Waals surface area contributed by atoms with Gasteiger partial charge in [0, 0.05) is 11.8 Å². The van der Waals surface area contributed by atoms with Crippen molar-refractivity contribution in [3.05, 3.63) is 59.8 Å². The summed E-state index contributed by atoms with van der Waals surface area (Å²) in [4.78, 5) is 24.8. The fourth-order valence-corrected chi connectivity index (χ4v) is 1.99. The van der Waals surface area contributed by atoms with Crippen LogP contribution in [0.1, 0.15) is 18.9 Å². The average Bonchev–Trinajstić information content (AvgIpc) is 2.79. The van der Waals surface area contributed by atoms with Crippen molar-refractivity contribution >= 4 is 11.9 Å². The SMILES string of the molecule is CCOC(=O)C/C=C1/C=CC(=O)N1Cc1ccccc1. The van der Waals surface area contributed by atoms with Crippen LogP contribution < -0.4 is 0 Å². The predicted octanol–water partition coefficient (Wildman–Crippen LogP) is 2.42. The van der Waals surface area contributed by atoms with E-state index in [9.17, 15) is 9.59 Å². The van der Waals surface area contributed by atoms with E-state index in [1.165, 1.54) is 6.08 Å². The second-order valence-corrected chi connectivity index (χ2v) is 4.38. The Kier molecular flexibility index (Phi) is 4.71. The Bertz CT molecular complexity index is 546. The third-order valence-corrected chi connectivity index (χ3v) is 2.94. The molecule has 0 saturated heterocycles. The van der Waals surface area contributed by atoms with Gasteiger partial charge < -0.3 is 9.64 Å². The molecular weight excluding hydrogens is 254 g/mol. The van der Waals surface area contributed by atoms with Crippen LogP contribution in [0.15, 0.2) is 54.3 Å². The van der Waals surface area contributed by atoms with Crippen LogP contribution in [-0.2, 0) is 20.9 Å². The lowest BCUT2D eigenvalue weighted by Crippen LogP contribution is -2.23. The Hall–Kier alpha value is -2.36. The zero-order valence-corrected chi connectivity index (χ0v) is 11.4. The summed E-state index contributed by atoms with van der Waals surface area (Å²) in [6, 6.07) is 9.74. The van der Waals surface area contributed by atoms with Crippen LogP contribution in [0, 0.1) is 0 Å². The summed E-state index contributed by atoms with van der Waals surface area (Å²) in [5, 5.41) is 0. The molecule has 4 nitrogen and oxygen atoms in total. The summed E-state index contributed by atoms with van der Waals surface area (Å²) in [6.07, 6.45) is 5.14. The van der Waals surface area contributed by atoms with Crippen LogP contribution in [0.2, 0.25) is 0 Å². The van der Waals surface area contributed by atoms with Crippen LogP contribution in [0.4, 0.5) is 0 Å². The molecule has 1 aliphatic heterocycles. The number of amides is 1. The van der Waals surface area contributed by atoms with E-state index in [4.69, 9.17) is 4.74 Å². The fraction of sp³-hybridized carbons (Fsp3) is 0.250. The summed E-state index contributed by atoms with van der Waals surface area (Å²) in [5.41, 5.74) is 1.79. The first-order valence-electron chi connectivity index (χ1n) is 6.60. The number of esters is 1. The molecule has 1 aromatic rings. The highest BCUT2D eigenvalue weighted by atomic mass is 16.5. The van der Waals surface area contributed by atoms with E-state index in [0.717, 1.165) is 11.3 Å². The number of rotatable bonds is 5. The molecule has 0 N–H and O–H groups in total. The van der Waals surface area contributed by atoms with E-state index in [1.54, 1.807) is 24.0 Å². The first-order chi connectivity index (χ1) is 9.70. The van der Waals surface area contributed by atoms with E-state index >= 15 is 0 Å². The topological polar surface area (TPSA) is 46.6 Å². The van der Waals surface area contributed by atoms with Crippen molar-refractivity contribution in [3.8, 4) is 0 Å². The lowest BCUT2D eigenvalue weighted by Gasteiger charge is -2.18. The van der Waals surface area contributed by atoms with E-state index in [1.807, 2.05) is 30.3 Å². The van der Waals surface area contributed by atoms with Gasteiger partial charge in [0.1, 0.15) is 0 Å². The summed E-state index contributed by atoms with van der Waals surface area (Å²) in [6.45, 7) is 2.64. The van der Waals surface area contributed by atoms with Gasteiger partial charge >= 0.3 is 5.97 Å². The number of carbonyl (C=O) groups is 2. The van der Waals surface area contributed by atoms with Gasteiger partial charge in [-0.15, -0.1) is 0 Å². The second-order valence-electron chi connectivity index (χ2n) is 4.38. The predicted molar refractivity (Wildman–Crippen MR) is 75.5 cm³/mol. The molecule has 104 valence electrons. The normalized spacial score (nSPS) is 15.9. The summed E-state index contributed by atoms with van der Waals surface area (Å²) in [7, 11) is 0. The number of carbonyl (C=O) groups excluding carboxylic acids is 2. The molecule has 0 aliphatic carbocycles. The molecule has 4 heteroatoms. The van der Waals surface area contributed by atoms with Crippen molar-refractivity contribution in [2.75, 3.05) is 6.61 Å². The number of benzene rings is 1. The van der Waals surface area contributed by atoms with Gasteiger partial charge in [-0.25, -0.2) is 0 Å². The molecule has 0 saturated carbocycles. The number of nitrogens with zero attached hydrogens (tertiary/aromatic N) is 1. The zero-order chi connectivity index (χ0) is 14.4. The van der Waals surface area contributed by atoms with Crippen molar-refractivity contribution in [2.24, 2.45) is 0 Å². The molecular formula is C16H17NO3. The van der Waals surface area contributed by atoms with Crippen LogP contribution in [0.5, 0.6) is 0 Å². The van der Waals surface area contributed by atoms with Gasteiger partial charge in [-0.2, -0.15) is 0 Å². The fourth-order valence-electron chi connectivity index (χ4n) is 1.99. The molecule has 0 aromatic heterocycles. The highest BCUT2D eigenvalue weighted by Crippen LogP contribution is 2.19. The second kappa shape index (κ2) is 6.70. The molecule has 1 aliphatic rings. The molecule has 0 radical (unpaired) electrons. The van der Waals surface area contributed by atoms with Gasteiger partial charge in [-0.3, -0.25) is 9.59 Å². The molecule has 0 spiro atoms. The zero-order valence-electron chi connectivity index (χ0n) is 11.4. The molecule has 1 aromatic carbocycles. The molecule has 0 fully saturated rings. The Labute approximate surface area is 118 Å². The van der Waals surface area contributed by atoms with Crippen LogP contribution in [0.3, 0.4) is 0 Å². The summed E-state index contributed by atoms with van der Waals surface area (Å²) < 4.78 is 4.87. The first-order valence-corrected chi connectivity index (χ1v) is 6.60. The maximum absolute atomic E-state index is 11.8. The number of hydrogen-bond donors (Lipinski definition) is 0. The Morgan fingerprint density at radius 1 is 1.25 bits per heavy atom. The monoisotopic (exact) mass is 271 g/mol. The van der Waals surface area contributed by atoms with Crippen molar-refractivity contribution in [1.82, 2.24) is 4.90 Å². The first kappa shape index (κ1) is 14.1. The highest BCUT2D eigenvalue weighted by Gasteiger charge is 2.20. The summed E-state index contributed by atoms with van der Waals surface area (Å²) >= 11 is 0. The Morgan fingerprint density at radius 2 is 2.00 bits per heavy atom. The van der Waals surface area contributed by atoms with Gasteiger partial charge in [-0.1, -0.05) is 30.3 Å². The van der Waals surface area contributed by atoms with Gasteiger partial charge in [0.05, 0.1) is 19.6 Å². The third kappa shape index (κ3) is 3.57. The number of allylic oxidation sites excluding steroid dienone is 1. The van der Waals surface area contributed by atoms with Crippen molar-refractivity contribution < 1.29 is 14.3 Å². The lowest BCUT2D eigenvalue weighted by molar-refractivity contribution is -0.142. The molecule has 1 amide bonds. The molecule has 1 heterocycles. The standard InChI is InChI=1S/C16H17NO3/c1-2-20-16(19)11-9-14-8-10-15(18)17(14)12-13-6-4-3-5-7-13/h3-10H,2,11-12H2,1H3/b14-9-. The minimum Gasteiger partial charge on any atom is -0.466 e. The number of hydrogen-bond acceptors (Lipinski definition) is 3. The lowest BCUT2D eigenvalue weighted by atomic mass is 10.2. The third-order valence-electron chi connectivity index (χ3n) is 2.94. The van der Waals surface area contributed by atoms with Crippen molar-refractivity contribution in [3.63, 3.8) is 0 Å². The largest absolute Gasteiger partial charge is 0.466 e. The maximum atomic E-state index is 11.8. The van der Waals surface area contributed by atoms with E-state index in [0.29, 0.717) is 13.2 Å². The number of ether oxygens (including phenoxy) is 1. The average molecular weight is 271 g/mol. The minimum atomic E-state index is -0.285. The van der Waals surface area contributed by atoms with Crippen LogP contribution in [0.25, 0.3) is 0 Å².